The molecule has 0 saturated carbocycles. The number of hydrogen-bond donors (Lipinski definition) is 1. The maximum absolute atomic E-state index is 12.1. The summed E-state index contributed by atoms with van der Waals surface area (Å²) in [6, 6.07) is 0. The molecule has 2 rings (SSSR count). The van der Waals surface area contributed by atoms with Crippen molar-refractivity contribution >= 4 is 17.4 Å². The number of aromatic nitrogens is 2. The summed E-state index contributed by atoms with van der Waals surface area (Å²) in [5, 5.41) is 6.96. The van der Waals surface area contributed by atoms with E-state index in [1.54, 1.807) is 0 Å². The molecule has 1 aromatic heterocycles. The van der Waals surface area contributed by atoms with Crippen molar-refractivity contribution in [2.24, 2.45) is 11.8 Å². The molecule has 2 atom stereocenters. The first kappa shape index (κ1) is 15.4. The number of carbonyl (C=O) groups excluding carboxylic acids is 1. The molecule has 0 aliphatic carbocycles. The molecule has 1 aliphatic heterocycles. The number of likely N-dealkylation sites (tertiary alicyclic amines) is 1. The van der Waals surface area contributed by atoms with Crippen LogP contribution >= 0.6 is 11.5 Å². The van der Waals surface area contributed by atoms with Gasteiger partial charge in [0.2, 0.25) is 0 Å². The fraction of sp³-hybridized carbons (Fsp3) is 0.786. The second-order valence-electron chi connectivity index (χ2n) is 5.86. The van der Waals surface area contributed by atoms with Gasteiger partial charge < -0.3 is 10.2 Å². The Morgan fingerprint density at radius 1 is 1.40 bits per heavy atom. The van der Waals surface area contributed by atoms with Crippen molar-refractivity contribution in [1.82, 2.24) is 19.8 Å². The van der Waals surface area contributed by atoms with Crippen LogP contribution in [0.4, 0.5) is 0 Å². The second kappa shape index (κ2) is 7.13. The fourth-order valence-electron chi connectivity index (χ4n) is 2.99. The van der Waals surface area contributed by atoms with Gasteiger partial charge in [0.1, 0.15) is 4.88 Å². The van der Waals surface area contributed by atoms with Gasteiger partial charge >= 0.3 is 0 Å². The van der Waals surface area contributed by atoms with E-state index in [1.165, 1.54) is 18.0 Å². The molecule has 1 fully saturated rings. The molecule has 1 amide bonds. The molecule has 20 heavy (non-hydrogen) atoms. The predicted octanol–water partition coefficient (Wildman–Crippen LogP) is 1.81. The van der Waals surface area contributed by atoms with Crippen LogP contribution in [-0.2, 0) is 6.42 Å². The third-order valence-corrected chi connectivity index (χ3v) is 4.52. The van der Waals surface area contributed by atoms with Gasteiger partial charge in [-0.05, 0) is 36.2 Å². The zero-order chi connectivity index (χ0) is 14.5. The number of rotatable bonds is 5. The summed E-state index contributed by atoms with van der Waals surface area (Å²) >= 11 is 1.18. The lowest BCUT2D eigenvalue weighted by Gasteiger charge is -2.34. The van der Waals surface area contributed by atoms with E-state index in [0.717, 1.165) is 43.6 Å². The average Bonchev–Trinajstić information content (AvgIpc) is 2.85. The molecule has 1 N–H and O–H groups in total. The molecule has 6 heteroatoms. The van der Waals surface area contributed by atoms with E-state index in [9.17, 15) is 4.79 Å². The minimum atomic E-state index is -0.0324. The molecule has 1 aliphatic rings. The molecule has 0 bridgehead atoms. The molecular formula is C14H24N4OS. The Bertz CT molecular complexity index is 438. The molecular weight excluding hydrogens is 272 g/mol. The first-order valence-corrected chi connectivity index (χ1v) is 8.19. The Morgan fingerprint density at radius 2 is 2.10 bits per heavy atom. The van der Waals surface area contributed by atoms with Crippen molar-refractivity contribution in [3.8, 4) is 0 Å². The zero-order valence-electron chi connectivity index (χ0n) is 12.6. The van der Waals surface area contributed by atoms with Crippen LogP contribution in [0.3, 0.4) is 0 Å². The molecule has 0 spiro atoms. The minimum absolute atomic E-state index is 0.0324. The van der Waals surface area contributed by atoms with Gasteiger partial charge in [-0.15, -0.1) is 5.10 Å². The second-order valence-corrected chi connectivity index (χ2v) is 6.62. The summed E-state index contributed by atoms with van der Waals surface area (Å²) in [6.45, 7) is 10.5. The zero-order valence-corrected chi connectivity index (χ0v) is 13.4. The number of nitrogens with zero attached hydrogens (tertiary/aromatic N) is 3. The van der Waals surface area contributed by atoms with Crippen molar-refractivity contribution in [2.45, 2.75) is 33.6 Å². The van der Waals surface area contributed by atoms with Crippen molar-refractivity contribution in [3.63, 3.8) is 0 Å². The Kier molecular flexibility index (Phi) is 5.48. The summed E-state index contributed by atoms with van der Waals surface area (Å²) in [4.78, 5) is 15.2. The smallest absolute Gasteiger partial charge is 0.264 e. The van der Waals surface area contributed by atoms with E-state index >= 15 is 0 Å². The van der Waals surface area contributed by atoms with Gasteiger partial charge in [0.05, 0.1) is 5.69 Å². The fourth-order valence-corrected chi connectivity index (χ4v) is 3.66. The highest BCUT2D eigenvalue weighted by Crippen LogP contribution is 2.20. The normalized spacial score (nSPS) is 23.8. The van der Waals surface area contributed by atoms with Gasteiger partial charge in [0, 0.05) is 26.2 Å². The lowest BCUT2D eigenvalue weighted by molar-refractivity contribution is 0.0939. The van der Waals surface area contributed by atoms with Gasteiger partial charge in [-0.25, -0.2) is 0 Å². The van der Waals surface area contributed by atoms with E-state index in [0.29, 0.717) is 11.4 Å². The van der Waals surface area contributed by atoms with Crippen LogP contribution in [0.15, 0.2) is 0 Å². The van der Waals surface area contributed by atoms with Gasteiger partial charge in [-0.3, -0.25) is 4.79 Å². The van der Waals surface area contributed by atoms with Crippen LogP contribution in [0.1, 0.15) is 42.6 Å². The van der Waals surface area contributed by atoms with E-state index < -0.39 is 0 Å². The maximum atomic E-state index is 12.1. The van der Waals surface area contributed by atoms with Crippen LogP contribution in [-0.4, -0.2) is 46.6 Å². The Balaban J connectivity index is 1.77. The van der Waals surface area contributed by atoms with Crippen molar-refractivity contribution in [3.05, 3.63) is 10.6 Å². The maximum Gasteiger partial charge on any atom is 0.264 e. The first-order valence-electron chi connectivity index (χ1n) is 7.42. The summed E-state index contributed by atoms with van der Waals surface area (Å²) in [6.07, 6.45) is 2.07. The minimum Gasteiger partial charge on any atom is -0.350 e. The van der Waals surface area contributed by atoms with Crippen LogP contribution < -0.4 is 5.32 Å². The van der Waals surface area contributed by atoms with Gasteiger partial charge in [-0.2, -0.15) is 0 Å². The molecule has 0 unspecified atom stereocenters. The number of nitrogens with one attached hydrogen (secondary N) is 1. The number of hydrogen-bond acceptors (Lipinski definition) is 5. The lowest BCUT2D eigenvalue weighted by atomic mass is 9.92. The third-order valence-electron chi connectivity index (χ3n) is 3.75. The molecule has 112 valence electrons. The van der Waals surface area contributed by atoms with Crippen molar-refractivity contribution < 1.29 is 4.79 Å². The number of amides is 1. The van der Waals surface area contributed by atoms with Crippen molar-refractivity contribution in [1.29, 1.82) is 0 Å². The van der Waals surface area contributed by atoms with Gasteiger partial charge in [-0.1, -0.05) is 25.3 Å². The number of piperidine rings is 1. The standard InChI is InChI=1S/C14H24N4OS/c1-4-12-13(20-17-16-12)14(19)15-5-6-18-8-10(2)7-11(3)9-18/h10-11H,4-9H2,1-3H3,(H,15,19)/t10-,11-/m1/s1. The molecule has 1 aromatic rings. The highest BCUT2D eigenvalue weighted by molar-refractivity contribution is 7.08. The van der Waals surface area contributed by atoms with Crippen LogP contribution in [0.5, 0.6) is 0 Å². The van der Waals surface area contributed by atoms with Gasteiger partial charge in [0.25, 0.3) is 5.91 Å². The van der Waals surface area contributed by atoms with Crippen LogP contribution in [0.25, 0.3) is 0 Å². The highest BCUT2D eigenvalue weighted by atomic mass is 32.1. The van der Waals surface area contributed by atoms with E-state index in [2.05, 4.69) is 33.7 Å². The van der Waals surface area contributed by atoms with E-state index in [4.69, 9.17) is 0 Å². The van der Waals surface area contributed by atoms with Crippen molar-refractivity contribution in [2.75, 3.05) is 26.2 Å². The number of aryl methyl sites for hydroxylation is 1. The predicted molar refractivity (Wildman–Crippen MR) is 81.0 cm³/mol. The monoisotopic (exact) mass is 296 g/mol. The molecule has 1 saturated heterocycles. The Hall–Kier alpha value is -1.01. The quantitative estimate of drug-likeness (QED) is 0.900. The first-order chi connectivity index (χ1) is 9.60. The SMILES string of the molecule is CCc1nnsc1C(=O)NCCN1C[C@H](C)C[C@@H](C)C1. The molecule has 0 aromatic carbocycles. The molecule has 0 radical (unpaired) electrons. The summed E-state index contributed by atoms with van der Waals surface area (Å²) in [7, 11) is 0. The highest BCUT2D eigenvalue weighted by Gasteiger charge is 2.21. The lowest BCUT2D eigenvalue weighted by Crippen LogP contribution is -2.42. The molecule has 2 heterocycles. The third kappa shape index (κ3) is 3.99. The van der Waals surface area contributed by atoms with Gasteiger partial charge in [0.15, 0.2) is 0 Å². The van der Waals surface area contributed by atoms with Crippen LogP contribution in [0, 0.1) is 11.8 Å². The largest absolute Gasteiger partial charge is 0.350 e. The molecule has 5 nitrogen and oxygen atoms in total. The van der Waals surface area contributed by atoms with Crippen LogP contribution in [0.2, 0.25) is 0 Å². The summed E-state index contributed by atoms with van der Waals surface area (Å²) in [5.41, 5.74) is 0.799. The summed E-state index contributed by atoms with van der Waals surface area (Å²) < 4.78 is 3.85. The Labute approximate surface area is 124 Å². The summed E-state index contributed by atoms with van der Waals surface area (Å²) in [5.74, 6) is 1.48. The average molecular weight is 296 g/mol. The number of carbonyl (C=O) groups is 1. The van der Waals surface area contributed by atoms with E-state index in [-0.39, 0.29) is 5.91 Å². The topological polar surface area (TPSA) is 58.1 Å². The Morgan fingerprint density at radius 3 is 2.75 bits per heavy atom. The van der Waals surface area contributed by atoms with E-state index in [1.807, 2.05) is 6.92 Å².